The lowest BCUT2D eigenvalue weighted by Gasteiger charge is -2.07. The molecule has 7 nitrogen and oxygen atoms in total. The predicted molar refractivity (Wildman–Crippen MR) is 68.0 cm³/mol. The van der Waals surface area contributed by atoms with Crippen LogP contribution in [0.15, 0.2) is 29.2 Å². The van der Waals surface area contributed by atoms with E-state index in [1.54, 1.807) is 12.1 Å². The number of carbonyl (C=O) groups excluding carboxylic acids is 1. The van der Waals surface area contributed by atoms with Gasteiger partial charge in [0.25, 0.3) is 0 Å². The second kappa shape index (κ2) is 7.07. The monoisotopic (exact) mass is 288 g/mol. The first-order chi connectivity index (χ1) is 8.99. The number of hydroxylamine groups is 1. The van der Waals surface area contributed by atoms with Gasteiger partial charge in [-0.2, -0.15) is 0 Å². The van der Waals surface area contributed by atoms with Gasteiger partial charge in [-0.15, -0.1) is 0 Å². The number of carbonyl (C=O) groups is 1. The number of amides is 1. The number of ether oxygens (including phenoxy) is 1. The van der Waals surface area contributed by atoms with E-state index in [-0.39, 0.29) is 17.9 Å². The Labute approximate surface area is 111 Å². The van der Waals surface area contributed by atoms with Crippen LogP contribution < -0.4 is 14.9 Å². The molecule has 0 aromatic heterocycles. The molecule has 2 N–H and O–H groups in total. The molecule has 0 aliphatic heterocycles. The molecule has 0 unspecified atom stereocenters. The molecule has 106 valence electrons. The van der Waals surface area contributed by atoms with Crippen LogP contribution in [0.1, 0.15) is 6.42 Å². The van der Waals surface area contributed by atoms with Crippen molar-refractivity contribution in [1.82, 2.24) is 10.2 Å². The van der Waals surface area contributed by atoms with Crippen molar-refractivity contribution in [1.29, 1.82) is 0 Å². The zero-order valence-corrected chi connectivity index (χ0v) is 11.5. The third-order valence-corrected chi connectivity index (χ3v) is 3.71. The number of sulfonamides is 1. The van der Waals surface area contributed by atoms with Gasteiger partial charge < -0.3 is 4.74 Å². The van der Waals surface area contributed by atoms with Crippen LogP contribution >= 0.6 is 0 Å². The van der Waals surface area contributed by atoms with Crippen molar-refractivity contribution in [3.63, 3.8) is 0 Å². The first kappa shape index (κ1) is 15.4. The van der Waals surface area contributed by atoms with E-state index in [4.69, 9.17) is 4.74 Å². The third kappa shape index (κ3) is 4.86. The van der Waals surface area contributed by atoms with Crippen LogP contribution in [0.4, 0.5) is 0 Å². The number of benzene rings is 1. The van der Waals surface area contributed by atoms with Crippen LogP contribution in [0.3, 0.4) is 0 Å². The van der Waals surface area contributed by atoms with E-state index >= 15 is 0 Å². The fourth-order valence-electron chi connectivity index (χ4n) is 1.30. The molecule has 1 aromatic carbocycles. The summed E-state index contributed by atoms with van der Waals surface area (Å²) in [7, 11) is -0.821. The lowest BCUT2D eigenvalue weighted by atomic mass is 10.3. The maximum Gasteiger partial charge on any atom is 0.244 e. The minimum Gasteiger partial charge on any atom is -0.497 e. The number of nitrogens with one attached hydrogen (secondary N) is 2. The molecule has 0 atom stereocenters. The van der Waals surface area contributed by atoms with Crippen molar-refractivity contribution in [3.8, 4) is 5.75 Å². The lowest BCUT2D eigenvalue weighted by Crippen LogP contribution is -2.30. The standard InChI is InChI=1S/C11H16N2O5S/c1-17-9-3-5-10(6-4-9)19(15,16)12-8-7-11(14)13-18-2/h3-6,12H,7-8H2,1-2H3,(H,13,14). The molecule has 0 saturated carbocycles. The highest BCUT2D eigenvalue weighted by molar-refractivity contribution is 7.89. The van der Waals surface area contributed by atoms with Gasteiger partial charge in [-0.25, -0.2) is 18.6 Å². The Morgan fingerprint density at radius 3 is 2.37 bits per heavy atom. The summed E-state index contributed by atoms with van der Waals surface area (Å²) in [5, 5.41) is 0. The average molecular weight is 288 g/mol. The summed E-state index contributed by atoms with van der Waals surface area (Å²) >= 11 is 0. The van der Waals surface area contributed by atoms with Crippen LogP contribution in [0.25, 0.3) is 0 Å². The topological polar surface area (TPSA) is 93.7 Å². The average Bonchev–Trinajstić information content (AvgIpc) is 2.39. The van der Waals surface area contributed by atoms with Crippen LogP contribution in [0.2, 0.25) is 0 Å². The molecular weight excluding hydrogens is 272 g/mol. The second-order valence-electron chi connectivity index (χ2n) is 3.55. The van der Waals surface area contributed by atoms with Crippen molar-refractivity contribution >= 4 is 15.9 Å². The fourth-order valence-corrected chi connectivity index (χ4v) is 2.33. The Morgan fingerprint density at radius 1 is 1.21 bits per heavy atom. The summed E-state index contributed by atoms with van der Waals surface area (Å²) in [6.07, 6.45) is -0.0107. The van der Waals surface area contributed by atoms with Crippen molar-refractivity contribution < 1.29 is 22.8 Å². The van der Waals surface area contributed by atoms with Crippen LogP contribution in [-0.4, -0.2) is 35.1 Å². The number of rotatable bonds is 7. The Balaban J connectivity index is 2.57. The van der Waals surface area contributed by atoms with E-state index in [9.17, 15) is 13.2 Å². The van der Waals surface area contributed by atoms with Gasteiger partial charge in [0.2, 0.25) is 15.9 Å². The third-order valence-electron chi connectivity index (χ3n) is 2.23. The zero-order valence-electron chi connectivity index (χ0n) is 10.7. The molecule has 0 fully saturated rings. The molecule has 1 aromatic rings. The van der Waals surface area contributed by atoms with Gasteiger partial charge in [-0.05, 0) is 24.3 Å². The molecule has 0 aliphatic rings. The largest absolute Gasteiger partial charge is 0.497 e. The van der Waals surface area contributed by atoms with Gasteiger partial charge in [0.05, 0.1) is 19.1 Å². The highest BCUT2D eigenvalue weighted by Crippen LogP contribution is 2.15. The molecular formula is C11H16N2O5S. The molecule has 0 heterocycles. The molecule has 0 saturated heterocycles. The fraction of sp³-hybridized carbons (Fsp3) is 0.364. The van der Waals surface area contributed by atoms with E-state index in [0.717, 1.165) is 0 Å². The molecule has 0 bridgehead atoms. The second-order valence-corrected chi connectivity index (χ2v) is 5.32. The van der Waals surface area contributed by atoms with E-state index in [1.807, 2.05) is 0 Å². The van der Waals surface area contributed by atoms with Crippen molar-refractivity contribution in [2.75, 3.05) is 20.8 Å². The van der Waals surface area contributed by atoms with Gasteiger partial charge in [0, 0.05) is 13.0 Å². The van der Waals surface area contributed by atoms with Crippen LogP contribution in [0, 0.1) is 0 Å². The Morgan fingerprint density at radius 2 is 1.84 bits per heavy atom. The van der Waals surface area contributed by atoms with Gasteiger partial charge in [-0.3, -0.25) is 9.63 Å². The molecule has 1 rings (SSSR count). The number of hydrogen-bond donors (Lipinski definition) is 2. The van der Waals surface area contributed by atoms with Gasteiger partial charge in [0.1, 0.15) is 5.75 Å². The number of hydrogen-bond acceptors (Lipinski definition) is 5. The molecule has 19 heavy (non-hydrogen) atoms. The van der Waals surface area contributed by atoms with E-state index in [2.05, 4.69) is 15.0 Å². The summed E-state index contributed by atoms with van der Waals surface area (Å²) in [6.45, 7) is -0.0104. The first-order valence-electron chi connectivity index (χ1n) is 5.45. The molecule has 1 amide bonds. The smallest absolute Gasteiger partial charge is 0.244 e. The van der Waals surface area contributed by atoms with Crippen LogP contribution in [-0.2, 0) is 19.7 Å². The van der Waals surface area contributed by atoms with Gasteiger partial charge in [0.15, 0.2) is 0 Å². The summed E-state index contributed by atoms with van der Waals surface area (Å²) in [4.78, 5) is 15.6. The highest BCUT2D eigenvalue weighted by Gasteiger charge is 2.14. The van der Waals surface area contributed by atoms with Gasteiger partial charge >= 0.3 is 0 Å². The minimum atomic E-state index is -3.62. The molecule has 0 radical (unpaired) electrons. The van der Waals surface area contributed by atoms with E-state index in [1.165, 1.54) is 26.4 Å². The normalized spacial score (nSPS) is 11.1. The summed E-state index contributed by atoms with van der Waals surface area (Å²) < 4.78 is 31.0. The van der Waals surface area contributed by atoms with Crippen molar-refractivity contribution in [2.24, 2.45) is 0 Å². The first-order valence-corrected chi connectivity index (χ1v) is 6.93. The van der Waals surface area contributed by atoms with Crippen molar-refractivity contribution in [2.45, 2.75) is 11.3 Å². The maximum absolute atomic E-state index is 11.9. The SMILES string of the molecule is CONC(=O)CCNS(=O)(=O)c1ccc(OC)cc1. The Hall–Kier alpha value is -1.64. The molecule has 8 heteroatoms. The van der Waals surface area contributed by atoms with E-state index in [0.29, 0.717) is 5.75 Å². The summed E-state index contributed by atoms with van der Waals surface area (Å²) in [5.74, 6) is 0.165. The Bertz CT molecular complexity index is 512. The predicted octanol–water partition coefficient (Wildman–Crippen LogP) is 0.0412. The van der Waals surface area contributed by atoms with Crippen LogP contribution in [0.5, 0.6) is 5.75 Å². The zero-order chi connectivity index (χ0) is 14.3. The summed E-state index contributed by atoms with van der Waals surface area (Å²) in [5.41, 5.74) is 2.10. The number of methoxy groups -OCH3 is 1. The van der Waals surface area contributed by atoms with Gasteiger partial charge in [-0.1, -0.05) is 0 Å². The maximum atomic E-state index is 11.9. The van der Waals surface area contributed by atoms with E-state index < -0.39 is 15.9 Å². The highest BCUT2D eigenvalue weighted by atomic mass is 32.2. The molecule has 0 spiro atoms. The molecule has 0 aliphatic carbocycles. The lowest BCUT2D eigenvalue weighted by molar-refractivity contribution is -0.131. The van der Waals surface area contributed by atoms with Crippen molar-refractivity contribution in [3.05, 3.63) is 24.3 Å². The quantitative estimate of drug-likeness (QED) is 0.691. The Kier molecular flexibility index (Phi) is 5.74. The minimum absolute atomic E-state index is 0.0104. The summed E-state index contributed by atoms with van der Waals surface area (Å²) in [6, 6.07) is 5.95.